The lowest BCUT2D eigenvalue weighted by Gasteiger charge is -2.21. The monoisotopic (exact) mass is 374 g/mol. The van der Waals surface area contributed by atoms with E-state index in [1.54, 1.807) is 20.2 Å². The van der Waals surface area contributed by atoms with Crippen LogP contribution in [0.25, 0.3) is 0 Å². The number of amides is 1. The number of nitrogens with one attached hydrogen (secondary N) is 1. The number of rotatable bonds is 6. The minimum atomic E-state index is -0.326. The molecule has 2 aromatic rings. The standard InChI is InChI=1S/C16H22N4O2.2ClH/c1-11(10-17)16(21)19-14(15-18-8-9-20(15)2)12-4-6-13(22-3)7-5-12;;/h4-9,11,14H,10,17H2,1-3H3,(H,19,21);2*1H. The third kappa shape index (κ3) is 5.12. The lowest BCUT2D eigenvalue weighted by molar-refractivity contribution is -0.124. The lowest BCUT2D eigenvalue weighted by Crippen LogP contribution is -2.37. The molecule has 0 radical (unpaired) electrons. The Bertz CT molecular complexity index is 631. The highest BCUT2D eigenvalue weighted by atomic mass is 35.5. The van der Waals surface area contributed by atoms with E-state index < -0.39 is 0 Å². The lowest BCUT2D eigenvalue weighted by atomic mass is 10.0. The fourth-order valence-corrected chi connectivity index (χ4v) is 2.14. The minimum absolute atomic E-state index is 0. The van der Waals surface area contributed by atoms with Crippen molar-refractivity contribution in [1.82, 2.24) is 14.9 Å². The number of carbonyl (C=O) groups is 1. The van der Waals surface area contributed by atoms with Crippen LogP contribution in [0.3, 0.4) is 0 Å². The van der Waals surface area contributed by atoms with Gasteiger partial charge in [0.1, 0.15) is 17.6 Å². The molecule has 0 aliphatic rings. The number of hydrogen-bond acceptors (Lipinski definition) is 4. The Labute approximate surface area is 154 Å². The van der Waals surface area contributed by atoms with Crippen LogP contribution in [0.1, 0.15) is 24.4 Å². The maximum Gasteiger partial charge on any atom is 0.224 e. The summed E-state index contributed by atoms with van der Waals surface area (Å²) in [5.74, 6) is 1.19. The van der Waals surface area contributed by atoms with E-state index in [1.165, 1.54) is 0 Å². The van der Waals surface area contributed by atoms with Crippen LogP contribution in [0.4, 0.5) is 0 Å². The summed E-state index contributed by atoms with van der Waals surface area (Å²) in [6.07, 6.45) is 3.56. The summed E-state index contributed by atoms with van der Waals surface area (Å²) in [5.41, 5.74) is 6.51. The van der Waals surface area contributed by atoms with Gasteiger partial charge in [0, 0.05) is 31.9 Å². The quantitative estimate of drug-likeness (QED) is 0.810. The number of halogens is 2. The fourth-order valence-electron chi connectivity index (χ4n) is 2.14. The number of methoxy groups -OCH3 is 1. The summed E-state index contributed by atoms with van der Waals surface area (Å²) in [6.45, 7) is 2.11. The Morgan fingerprint density at radius 2 is 1.96 bits per heavy atom. The minimum Gasteiger partial charge on any atom is -0.497 e. The molecule has 1 heterocycles. The summed E-state index contributed by atoms with van der Waals surface area (Å²) >= 11 is 0. The molecule has 1 aromatic carbocycles. The van der Waals surface area contributed by atoms with Gasteiger partial charge >= 0.3 is 0 Å². The van der Waals surface area contributed by atoms with Crippen molar-refractivity contribution < 1.29 is 9.53 Å². The molecule has 0 aliphatic carbocycles. The first-order valence-electron chi connectivity index (χ1n) is 7.18. The first-order valence-corrected chi connectivity index (χ1v) is 7.18. The van der Waals surface area contributed by atoms with Crippen LogP contribution in [0.2, 0.25) is 0 Å². The molecular formula is C16H24Cl2N4O2. The second kappa shape index (κ2) is 10.2. The van der Waals surface area contributed by atoms with Gasteiger partial charge in [-0.3, -0.25) is 4.79 Å². The van der Waals surface area contributed by atoms with Crippen LogP contribution >= 0.6 is 24.8 Å². The maximum atomic E-state index is 12.2. The summed E-state index contributed by atoms with van der Waals surface area (Å²) in [4.78, 5) is 16.6. The predicted molar refractivity (Wildman–Crippen MR) is 98.9 cm³/mol. The summed E-state index contributed by atoms with van der Waals surface area (Å²) in [5, 5.41) is 3.02. The fraction of sp³-hybridized carbons (Fsp3) is 0.375. The molecule has 3 N–H and O–H groups in total. The molecule has 2 unspecified atom stereocenters. The zero-order valence-electron chi connectivity index (χ0n) is 13.9. The SMILES string of the molecule is COc1ccc(C(NC(=O)C(C)CN)c2nccn2C)cc1.Cl.Cl. The summed E-state index contributed by atoms with van der Waals surface area (Å²) in [6, 6.07) is 7.25. The Balaban J connectivity index is 0.00000264. The van der Waals surface area contributed by atoms with Crippen molar-refractivity contribution in [3.63, 3.8) is 0 Å². The number of aromatic nitrogens is 2. The van der Waals surface area contributed by atoms with Crippen molar-refractivity contribution in [3.05, 3.63) is 48.0 Å². The molecule has 0 saturated carbocycles. The molecule has 2 rings (SSSR count). The van der Waals surface area contributed by atoms with Crippen molar-refractivity contribution in [2.45, 2.75) is 13.0 Å². The Morgan fingerprint density at radius 1 is 1.33 bits per heavy atom. The van der Waals surface area contributed by atoms with Crippen LogP contribution in [-0.4, -0.2) is 29.1 Å². The van der Waals surface area contributed by atoms with Gasteiger partial charge in [0.15, 0.2) is 0 Å². The number of benzene rings is 1. The number of imidazole rings is 1. The molecule has 24 heavy (non-hydrogen) atoms. The Morgan fingerprint density at radius 3 is 2.42 bits per heavy atom. The number of nitrogens with zero attached hydrogens (tertiary/aromatic N) is 2. The molecule has 1 aromatic heterocycles. The molecule has 8 heteroatoms. The molecule has 0 saturated heterocycles. The average Bonchev–Trinajstić information content (AvgIpc) is 2.97. The number of ether oxygens (including phenoxy) is 1. The summed E-state index contributed by atoms with van der Waals surface area (Å²) in [7, 11) is 3.52. The van der Waals surface area contributed by atoms with E-state index in [4.69, 9.17) is 10.5 Å². The number of hydrogen-bond donors (Lipinski definition) is 2. The maximum absolute atomic E-state index is 12.2. The van der Waals surface area contributed by atoms with Crippen LogP contribution in [0.5, 0.6) is 5.75 Å². The van der Waals surface area contributed by atoms with Crippen LogP contribution in [0, 0.1) is 5.92 Å². The first kappa shape index (κ1) is 22.2. The highest BCUT2D eigenvalue weighted by Gasteiger charge is 2.22. The second-order valence-electron chi connectivity index (χ2n) is 5.25. The number of nitrogens with two attached hydrogens (primary N) is 1. The Kier molecular flexibility index (Phi) is 9.43. The van der Waals surface area contributed by atoms with Crippen molar-refractivity contribution in [2.75, 3.05) is 13.7 Å². The van der Waals surface area contributed by atoms with E-state index in [0.29, 0.717) is 6.54 Å². The van der Waals surface area contributed by atoms with Gasteiger partial charge in [-0.2, -0.15) is 0 Å². The van der Waals surface area contributed by atoms with E-state index in [1.807, 2.05) is 42.1 Å². The van der Waals surface area contributed by atoms with E-state index in [-0.39, 0.29) is 42.7 Å². The van der Waals surface area contributed by atoms with E-state index in [9.17, 15) is 4.79 Å². The van der Waals surface area contributed by atoms with Crippen LogP contribution < -0.4 is 15.8 Å². The van der Waals surface area contributed by atoms with Gasteiger partial charge in [-0.1, -0.05) is 19.1 Å². The highest BCUT2D eigenvalue weighted by molar-refractivity contribution is 5.85. The predicted octanol–water partition coefficient (Wildman–Crippen LogP) is 2.07. The van der Waals surface area contributed by atoms with Crippen LogP contribution in [-0.2, 0) is 11.8 Å². The molecule has 134 valence electrons. The van der Waals surface area contributed by atoms with Gasteiger partial charge in [0.25, 0.3) is 0 Å². The molecule has 0 bridgehead atoms. The number of aryl methyl sites for hydroxylation is 1. The van der Waals surface area contributed by atoms with Gasteiger partial charge in [0.2, 0.25) is 5.91 Å². The molecule has 0 spiro atoms. The zero-order chi connectivity index (χ0) is 16.1. The normalized spacial score (nSPS) is 12.3. The average molecular weight is 375 g/mol. The summed E-state index contributed by atoms with van der Waals surface area (Å²) < 4.78 is 7.07. The van der Waals surface area contributed by atoms with Crippen molar-refractivity contribution >= 4 is 30.7 Å². The van der Waals surface area contributed by atoms with Gasteiger partial charge < -0.3 is 20.4 Å². The van der Waals surface area contributed by atoms with E-state index >= 15 is 0 Å². The van der Waals surface area contributed by atoms with Gasteiger partial charge in [-0.15, -0.1) is 24.8 Å². The van der Waals surface area contributed by atoms with Gasteiger partial charge in [0.05, 0.1) is 7.11 Å². The largest absolute Gasteiger partial charge is 0.497 e. The third-order valence-corrected chi connectivity index (χ3v) is 3.65. The topological polar surface area (TPSA) is 82.2 Å². The van der Waals surface area contributed by atoms with Crippen LogP contribution in [0.15, 0.2) is 36.7 Å². The molecule has 1 amide bonds. The molecule has 6 nitrogen and oxygen atoms in total. The molecular weight excluding hydrogens is 351 g/mol. The van der Waals surface area contributed by atoms with Crippen molar-refractivity contribution in [2.24, 2.45) is 18.7 Å². The van der Waals surface area contributed by atoms with Gasteiger partial charge in [-0.05, 0) is 17.7 Å². The van der Waals surface area contributed by atoms with Gasteiger partial charge in [-0.25, -0.2) is 4.98 Å². The first-order chi connectivity index (χ1) is 10.6. The van der Waals surface area contributed by atoms with E-state index in [0.717, 1.165) is 17.1 Å². The van der Waals surface area contributed by atoms with Crippen molar-refractivity contribution in [3.8, 4) is 5.75 Å². The second-order valence-corrected chi connectivity index (χ2v) is 5.25. The van der Waals surface area contributed by atoms with E-state index in [2.05, 4.69) is 10.3 Å². The zero-order valence-corrected chi connectivity index (χ0v) is 15.6. The molecule has 0 fully saturated rings. The Hall–Kier alpha value is -1.76. The number of carbonyl (C=O) groups excluding carboxylic acids is 1. The van der Waals surface area contributed by atoms with Crippen molar-refractivity contribution in [1.29, 1.82) is 0 Å². The third-order valence-electron chi connectivity index (χ3n) is 3.65. The highest BCUT2D eigenvalue weighted by Crippen LogP contribution is 2.23. The smallest absolute Gasteiger partial charge is 0.224 e. The molecule has 0 aliphatic heterocycles. The molecule has 2 atom stereocenters.